The Bertz CT molecular complexity index is 460. The molecule has 0 aromatic heterocycles. The number of aliphatic hydroxyl groups is 2. The van der Waals surface area contributed by atoms with Crippen molar-refractivity contribution in [2.24, 2.45) is 0 Å². The SMILES string of the molecule is C=C[C@@H](C[C@H](O)C(C)(C)O)c1cc(O)c(C)cc1O. The van der Waals surface area contributed by atoms with Crippen molar-refractivity contribution in [1.82, 2.24) is 0 Å². The molecule has 4 nitrogen and oxygen atoms in total. The minimum Gasteiger partial charge on any atom is -0.508 e. The second-order valence-electron chi connectivity index (χ2n) is 5.44. The molecule has 4 heteroatoms. The predicted octanol–water partition coefficient (Wildman–Crippen LogP) is 2.20. The first-order valence-corrected chi connectivity index (χ1v) is 6.22. The van der Waals surface area contributed by atoms with Crippen molar-refractivity contribution >= 4 is 0 Å². The molecule has 1 rings (SSSR count). The van der Waals surface area contributed by atoms with Gasteiger partial charge in [-0.15, -0.1) is 6.58 Å². The lowest BCUT2D eigenvalue weighted by Gasteiger charge is -2.27. The van der Waals surface area contributed by atoms with Gasteiger partial charge in [-0.25, -0.2) is 0 Å². The average molecular weight is 266 g/mol. The Morgan fingerprint density at radius 2 is 1.84 bits per heavy atom. The molecular formula is C15H22O4. The highest BCUT2D eigenvalue weighted by atomic mass is 16.3. The van der Waals surface area contributed by atoms with Gasteiger partial charge in [0.15, 0.2) is 0 Å². The first-order chi connectivity index (χ1) is 8.66. The maximum atomic E-state index is 9.93. The van der Waals surface area contributed by atoms with Crippen molar-refractivity contribution in [2.45, 2.75) is 44.8 Å². The maximum Gasteiger partial charge on any atom is 0.119 e. The smallest absolute Gasteiger partial charge is 0.119 e. The first kappa shape index (κ1) is 15.5. The summed E-state index contributed by atoms with van der Waals surface area (Å²) in [4.78, 5) is 0. The minimum atomic E-state index is -1.23. The van der Waals surface area contributed by atoms with Crippen LogP contribution in [0, 0.1) is 6.92 Å². The van der Waals surface area contributed by atoms with Gasteiger partial charge in [0.1, 0.15) is 11.5 Å². The molecule has 1 aromatic carbocycles. The fraction of sp³-hybridized carbons (Fsp3) is 0.467. The van der Waals surface area contributed by atoms with Gasteiger partial charge in [-0.3, -0.25) is 0 Å². The second-order valence-corrected chi connectivity index (χ2v) is 5.44. The van der Waals surface area contributed by atoms with Crippen molar-refractivity contribution in [1.29, 1.82) is 0 Å². The molecule has 0 aliphatic carbocycles. The molecule has 0 saturated carbocycles. The normalized spacial score (nSPS) is 15.0. The van der Waals surface area contributed by atoms with Gasteiger partial charge in [-0.05, 0) is 44.9 Å². The van der Waals surface area contributed by atoms with Gasteiger partial charge in [0.2, 0.25) is 0 Å². The summed E-state index contributed by atoms with van der Waals surface area (Å²) in [5.74, 6) is -0.228. The first-order valence-electron chi connectivity index (χ1n) is 6.22. The van der Waals surface area contributed by atoms with Crippen LogP contribution in [0.1, 0.15) is 37.3 Å². The van der Waals surface area contributed by atoms with Crippen LogP contribution in [0.3, 0.4) is 0 Å². The quantitative estimate of drug-likeness (QED) is 0.486. The zero-order chi connectivity index (χ0) is 14.8. The van der Waals surface area contributed by atoms with Crippen LogP contribution in [-0.4, -0.2) is 32.1 Å². The van der Waals surface area contributed by atoms with Crippen LogP contribution in [0.4, 0.5) is 0 Å². The molecule has 0 spiro atoms. The number of rotatable bonds is 5. The molecule has 0 bridgehead atoms. The minimum absolute atomic E-state index is 0.0446. The Kier molecular flexibility index (Phi) is 4.61. The van der Waals surface area contributed by atoms with E-state index in [-0.39, 0.29) is 23.8 Å². The zero-order valence-electron chi connectivity index (χ0n) is 11.6. The van der Waals surface area contributed by atoms with Gasteiger partial charge < -0.3 is 20.4 Å². The molecule has 1 aromatic rings. The highest BCUT2D eigenvalue weighted by Gasteiger charge is 2.28. The molecular weight excluding hydrogens is 244 g/mol. The van der Waals surface area contributed by atoms with Crippen molar-refractivity contribution in [2.75, 3.05) is 0 Å². The fourth-order valence-corrected chi connectivity index (χ4v) is 1.87. The standard InChI is InChI=1S/C15H22O4/c1-5-10(7-14(18)15(3,4)19)11-8-12(16)9(2)6-13(11)17/h5-6,8,10,14,16-19H,1,7H2,2-4H3/t10-,14-/m0/s1. The molecule has 0 aliphatic heterocycles. The van der Waals surface area contributed by atoms with E-state index >= 15 is 0 Å². The maximum absolute atomic E-state index is 9.93. The van der Waals surface area contributed by atoms with Gasteiger partial charge in [0.25, 0.3) is 0 Å². The van der Waals surface area contributed by atoms with Crippen molar-refractivity contribution in [3.63, 3.8) is 0 Å². The Hall–Kier alpha value is -1.52. The molecule has 2 atom stereocenters. The lowest BCUT2D eigenvalue weighted by Crippen LogP contribution is -2.36. The summed E-state index contributed by atoms with van der Waals surface area (Å²) < 4.78 is 0. The number of allylic oxidation sites excluding steroid dienone is 1. The van der Waals surface area contributed by atoms with E-state index in [1.807, 2.05) is 0 Å². The molecule has 0 heterocycles. The highest BCUT2D eigenvalue weighted by Crippen LogP contribution is 2.35. The number of hydrogen-bond acceptors (Lipinski definition) is 4. The van der Waals surface area contributed by atoms with Crippen LogP contribution in [0.2, 0.25) is 0 Å². The molecule has 19 heavy (non-hydrogen) atoms. The van der Waals surface area contributed by atoms with E-state index in [0.717, 1.165) is 0 Å². The molecule has 106 valence electrons. The summed E-state index contributed by atoms with van der Waals surface area (Å²) in [5, 5.41) is 39.3. The lowest BCUT2D eigenvalue weighted by atomic mass is 9.86. The van der Waals surface area contributed by atoms with Crippen LogP contribution in [0.5, 0.6) is 11.5 Å². The van der Waals surface area contributed by atoms with Gasteiger partial charge in [0, 0.05) is 11.5 Å². The van der Waals surface area contributed by atoms with Gasteiger partial charge in [0.05, 0.1) is 11.7 Å². The molecule has 0 fully saturated rings. The number of benzene rings is 1. The number of hydrogen-bond donors (Lipinski definition) is 4. The van der Waals surface area contributed by atoms with Gasteiger partial charge in [-0.1, -0.05) is 6.08 Å². The highest BCUT2D eigenvalue weighted by molar-refractivity contribution is 5.47. The molecule has 0 amide bonds. The summed E-state index contributed by atoms with van der Waals surface area (Å²) in [6.45, 7) is 8.40. The fourth-order valence-electron chi connectivity index (χ4n) is 1.87. The van der Waals surface area contributed by atoms with Crippen molar-refractivity contribution < 1.29 is 20.4 Å². The Morgan fingerprint density at radius 3 is 2.32 bits per heavy atom. The van der Waals surface area contributed by atoms with Crippen molar-refractivity contribution in [3.8, 4) is 11.5 Å². The topological polar surface area (TPSA) is 80.9 Å². The predicted molar refractivity (Wildman–Crippen MR) is 74.4 cm³/mol. The van der Waals surface area contributed by atoms with E-state index in [1.54, 1.807) is 13.0 Å². The van der Waals surface area contributed by atoms with E-state index in [1.165, 1.54) is 26.0 Å². The van der Waals surface area contributed by atoms with E-state index in [2.05, 4.69) is 6.58 Å². The Morgan fingerprint density at radius 1 is 1.26 bits per heavy atom. The van der Waals surface area contributed by atoms with Crippen LogP contribution in [0.15, 0.2) is 24.8 Å². The van der Waals surface area contributed by atoms with E-state index in [0.29, 0.717) is 11.1 Å². The van der Waals surface area contributed by atoms with Crippen LogP contribution in [0.25, 0.3) is 0 Å². The molecule has 0 aliphatic rings. The molecule has 0 unspecified atom stereocenters. The third kappa shape index (κ3) is 3.72. The van der Waals surface area contributed by atoms with Crippen LogP contribution >= 0.6 is 0 Å². The van der Waals surface area contributed by atoms with E-state index in [4.69, 9.17) is 0 Å². The summed E-state index contributed by atoms with van der Waals surface area (Å²) in [5.41, 5.74) is -0.169. The van der Waals surface area contributed by atoms with Gasteiger partial charge in [-0.2, -0.15) is 0 Å². The average Bonchev–Trinajstić information content (AvgIpc) is 2.29. The van der Waals surface area contributed by atoms with Crippen LogP contribution in [-0.2, 0) is 0 Å². The largest absolute Gasteiger partial charge is 0.508 e. The summed E-state index contributed by atoms with van der Waals surface area (Å²) in [6.07, 6.45) is 0.834. The lowest BCUT2D eigenvalue weighted by molar-refractivity contribution is -0.0527. The molecule has 4 N–H and O–H groups in total. The van der Waals surface area contributed by atoms with Gasteiger partial charge >= 0.3 is 0 Å². The third-order valence-electron chi connectivity index (χ3n) is 3.32. The number of aliphatic hydroxyl groups excluding tert-OH is 1. The number of aromatic hydroxyl groups is 2. The Labute approximate surface area is 113 Å². The second kappa shape index (κ2) is 5.63. The number of aryl methyl sites for hydroxylation is 1. The van der Waals surface area contributed by atoms with Crippen molar-refractivity contribution in [3.05, 3.63) is 35.9 Å². The summed E-state index contributed by atoms with van der Waals surface area (Å²) in [7, 11) is 0. The van der Waals surface area contributed by atoms with E-state index < -0.39 is 11.7 Å². The monoisotopic (exact) mass is 266 g/mol. The Balaban J connectivity index is 3.05. The molecule has 0 saturated heterocycles. The summed E-state index contributed by atoms with van der Waals surface area (Å²) in [6, 6.07) is 2.94. The number of phenols is 2. The zero-order valence-corrected chi connectivity index (χ0v) is 11.6. The van der Waals surface area contributed by atoms with Crippen LogP contribution < -0.4 is 0 Å². The summed E-state index contributed by atoms with van der Waals surface area (Å²) >= 11 is 0. The number of phenolic OH excluding ortho intramolecular Hbond substituents is 2. The van der Waals surface area contributed by atoms with E-state index in [9.17, 15) is 20.4 Å². The third-order valence-corrected chi connectivity index (χ3v) is 3.32. The molecule has 0 radical (unpaired) electrons.